The van der Waals surface area contributed by atoms with E-state index in [-0.39, 0.29) is 16.0 Å². The second-order valence-corrected chi connectivity index (χ2v) is 3.06. The highest BCUT2D eigenvalue weighted by Gasteiger charge is 2.13. The van der Waals surface area contributed by atoms with Crippen LogP contribution in [-0.2, 0) is 0 Å². The van der Waals surface area contributed by atoms with Gasteiger partial charge in [-0.3, -0.25) is 0 Å². The van der Waals surface area contributed by atoms with Crippen LogP contribution in [0.3, 0.4) is 0 Å². The number of aryl methyl sites for hydroxylation is 1. The summed E-state index contributed by atoms with van der Waals surface area (Å²) in [5, 5.41) is 9.16. The molecular weight excluding hydrogens is 232 g/mol. The fraction of sp³-hybridized carbons (Fsp3) is 0.286. The number of aromatic nitrogens is 1. The highest BCUT2D eigenvalue weighted by molar-refractivity contribution is 9.10. The van der Waals surface area contributed by atoms with E-state index in [2.05, 4.69) is 20.9 Å². The molecule has 0 aliphatic rings. The van der Waals surface area contributed by atoms with Gasteiger partial charge in [0.25, 0.3) is 6.43 Å². The van der Waals surface area contributed by atoms with Crippen molar-refractivity contribution in [1.82, 2.24) is 4.98 Å². The smallest absolute Gasteiger partial charge is 0.280 e. The number of pyridine rings is 1. The van der Waals surface area contributed by atoms with Gasteiger partial charge in [0.05, 0.1) is 0 Å². The molecule has 0 saturated heterocycles. The van der Waals surface area contributed by atoms with Gasteiger partial charge in [-0.05, 0) is 34.5 Å². The second kappa shape index (κ2) is 3.35. The minimum atomic E-state index is -2.61. The fourth-order valence-electron chi connectivity index (χ4n) is 0.763. The van der Waals surface area contributed by atoms with Crippen molar-refractivity contribution in [2.24, 2.45) is 0 Å². The van der Waals surface area contributed by atoms with Gasteiger partial charge < -0.3 is 5.11 Å². The molecular formula is C7H6BrF2NO. The van der Waals surface area contributed by atoms with Crippen molar-refractivity contribution >= 4 is 15.9 Å². The van der Waals surface area contributed by atoms with E-state index in [4.69, 9.17) is 5.11 Å². The molecule has 1 N–H and O–H groups in total. The molecule has 0 saturated carbocycles. The Morgan fingerprint density at radius 2 is 2.17 bits per heavy atom. The summed E-state index contributed by atoms with van der Waals surface area (Å²) in [6, 6.07) is 1.16. The number of hydrogen-bond donors (Lipinski definition) is 1. The molecule has 0 unspecified atom stereocenters. The summed E-state index contributed by atoms with van der Waals surface area (Å²) >= 11 is 2.87. The molecule has 1 aromatic heterocycles. The first-order valence-corrected chi connectivity index (χ1v) is 3.96. The van der Waals surface area contributed by atoms with Crippen LogP contribution >= 0.6 is 15.9 Å². The average Bonchev–Trinajstić information content (AvgIpc) is 1.99. The Morgan fingerprint density at radius 1 is 1.58 bits per heavy atom. The number of alkyl halides is 2. The molecule has 0 fully saturated rings. The lowest BCUT2D eigenvalue weighted by molar-refractivity contribution is 0.145. The van der Waals surface area contributed by atoms with Gasteiger partial charge >= 0.3 is 0 Å². The van der Waals surface area contributed by atoms with Crippen LogP contribution in [0.5, 0.6) is 5.75 Å². The molecule has 1 aromatic rings. The van der Waals surface area contributed by atoms with Crippen molar-refractivity contribution in [3.63, 3.8) is 0 Å². The summed E-state index contributed by atoms with van der Waals surface area (Å²) in [5.74, 6) is -0.0978. The van der Waals surface area contributed by atoms with Gasteiger partial charge in [0.2, 0.25) is 0 Å². The third-order valence-electron chi connectivity index (χ3n) is 1.38. The number of hydrogen-bond acceptors (Lipinski definition) is 2. The van der Waals surface area contributed by atoms with E-state index in [0.29, 0.717) is 5.56 Å². The summed E-state index contributed by atoms with van der Waals surface area (Å²) < 4.78 is 24.2. The first-order chi connectivity index (χ1) is 5.52. The topological polar surface area (TPSA) is 33.1 Å². The molecule has 0 aromatic carbocycles. The molecule has 1 rings (SSSR count). The Labute approximate surface area is 76.4 Å². The van der Waals surface area contributed by atoms with E-state index in [1.54, 1.807) is 0 Å². The van der Waals surface area contributed by atoms with Crippen LogP contribution in [0.4, 0.5) is 8.78 Å². The van der Waals surface area contributed by atoms with Crippen LogP contribution < -0.4 is 0 Å². The zero-order chi connectivity index (χ0) is 9.30. The SMILES string of the molecule is Cc1cc(C(F)F)nc(Br)c1O. The molecule has 0 amide bonds. The van der Waals surface area contributed by atoms with Gasteiger partial charge in [-0.1, -0.05) is 0 Å². The van der Waals surface area contributed by atoms with Gasteiger partial charge in [-0.25, -0.2) is 13.8 Å². The zero-order valence-electron chi connectivity index (χ0n) is 6.18. The third kappa shape index (κ3) is 1.72. The third-order valence-corrected chi connectivity index (χ3v) is 1.94. The molecule has 0 atom stereocenters. The molecule has 1 heterocycles. The Kier molecular flexibility index (Phi) is 2.62. The van der Waals surface area contributed by atoms with Gasteiger partial charge in [0.15, 0.2) is 5.75 Å². The van der Waals surface area contributed by atoms with E-state index in [1.807, 2.05) is 0 Å². The van der Waals surface area contributed by atoms with Gasteiger partial charge in [0.1, 0.15) is 10.3 Å². The zero-order valence-corrected chi connectivity index (χ0v) is 7.77. The van der Waals surface area contributed by atoms with Gasteiger partial charge in [-0.15, -0.1) is 0 Å². The largest absolute Gasteiger partial charge is 0.505 e. The molecule has 2 nitrogen and oxygen atoms in total. The monoisotopic (exact) mass is 237 g/mol. The summed E-state index contributed by atoms with van der Waals surface area (Å²) in [5.41, 5.74) is 0.0457. The van der Waals surface area contributed by atoms with E-state index in [9.17, 15) is 8.78 Å². The lowest BCUT2D eigenvalue weighted by Crippen LogP contribution is -1.92. The maximum absolute atomic E-state index is 12.1. The van der Waals surface area contributed by atoms with E-state index < -0.39 is 6.43 Å². The first-order valence-electron chi connectivity index (χ1n) is 3.16. The molecule has 0 spiro atoms. The van der Waals surface area contributed by atoms with Crippen molar-refractivity contribution in [3.05, 3.63) is 21.9 Å². The van der Waals surface area contributed by atoms with Crippen LogP contribution in [0.25, 0.3) is 0 Å². The second-order valence-electron chi connectivity index (χ2n) is 2.30. The summed E-state index contributed by atoms with van der Waals surface area (Å²) in [6.07, 6.45) is -2.61. The van der Waals surface area contributed by atoms with Crippen molar-refractivity contribution < 1.29 is 13.9 Å². The molecule has 0 aliphatic heterocycles. The van der Waals surface area contributed by atoms with Gasteiger partial charge in [-0.2, -0.15) is 0 Å². The summed E-state index contributed by atoms with van der Waals surface area (Å²) in [7, 11) is 0. The Balaban J connectivity index is 3.21. The minimum Gasteiger partial charge on any atom is -0.505 e. The van der Waals surface area contributed by atoms with Crippen LogP contribution in [-0.4, -0.2) is 10.1 Å². The quantitative estimate of drug-likeness (QED) is 0.763. The van der Waals surface area contributed by atoms with Crippen LogP contribution in [0.1, 0.15) is 17.7 Å². The maximum atomic E-state index is 12.1. The van der Waals surface area contributed by atoms with E-state index >= 15 is 0 Å². The summed E-state index contributed by atoms with van der Waals surface area (Å²) in [6.45, 7) is 1.54. The van der Waals surface area contributed by atoms with E-state index in [0.717, 1.165) is 6.07 Å². The lowest BCUT2D eigenvalue weighted by atomic mass is 10.2. The highest BCUT2D eigenvalue weighted by atomic mass is 79.9. The van der Waals surface area contributed by atoms with Crippen LogP contribution in [0.2, 0.25) is 0 Å². The number of nitrogens with zero attached hydrogens (tertiary/aromatic N) is 1. The lowest BCUT2D eigenvalue weighted by Gasteiger charge is -2.04. The molecule has 0 aliphatic carbocycles. The van der Waals surface area contributed by atoms with Crippen molar-refractivity contribution in [3.8, 4) is 5.75 Å². The predicted molar refractivity (Wildman–Crippen MR) is 43.3 cm³/mol. The van der Waals surface area contributed by atoms with Crippen molar-refractivity contribution in [2.75, 3.05) is 0 Å². The summed E-state index contributed by atoms with van der Waals surface area (Å²) in [4.78, 5) is 3.45. The average molecular weight is 238 g/mol. The molecule has 66 valence electrons. The number of halogens is 3. The van der Waals surface area contributed by atoms with Crippen LogP contribution in [0.15, 0.2) is 10.7 Å². The maximum Gasteiger partial charge on any atom is 0.280 e. The molecule has 0 bridgehead atoms. The minimum absolute atomic E-state index is 0.0535. The highest BCUT2D eigenvalue weighted by Crippen LogP contribution is 2.29. The predicted octanol–water partition coefficient (Wildman–Crippen LogP) is 2.80. The van der Waals surface area contributed by atoms with E-state index in [1.165, 1.54) is 6.92 Å². The standard InChI is InChI=1S/C7H6BrF2NO/c1-3-2-4(7(9)10)11-6(8)5(3)12/h2,7,12H,1H3. The van der Waals surface area contributed by atoms with Crippen molar-refractivity contribution in [1.29, 1.82) is 0 Å². The normalized spacial score (nSPS) is 10.8. The fourth-order valence-corrected chi connectivity index (χ4v) is 1.28. The van der Waals surface area contributed by atoms with Gasteiger partial charge in [0, 0.05) is 0 Å². The first kappa shape index (κ1) is 9.38. The van der Waals surface area contributed by atoms with Crippen molar-refractivity contribution in [2.45, 2.75) is 13.3 Å². The number of aromatic hydroxyl groups is 1. The number of rotatable bonds is 1. The molecule has 12 heavy (non-hydrogen) atoms. The molecule has 0 radical (unpaired) electrons. The van der Waals surface area contributed by atoms with Crippen LogP contribution in [0, 0.1) is 6.92 Å². The Morgan fingerprint density at radius 3 is 2.58 bits per heavy atom. The Hall–Kier alpha value is -0.710. The Bertz CT molecular complexity index is 280. The molecule has 5 heteroatoms.